The maximum Gasteiger partial charge on any atom is 0.410 e. The fourth-order valence-electron chi connectivity index (χ4n) is 2.20. The minimum absolute atomic E-state index is 0.180. The molecule has 0 aliphatic carbocycles. The molecule has 5 heteroatoms. The van der Waals surface area contributed by atoms with Gasteiger partial charge in [0.15, 0.2) is 0 Å². The predicted octanol–water partition coefficient (Wildman–Crippen LogP) is 1.70. The van der Waals surface area contributed by atoms with Crippen molar-refractivity contribution in [2.45, 2.75) is 58.3 Å². The SMILES string of the molecule is CC[C@H](O)CN1CC[C@H](N(C)C(=O)OC(C)(C)C)C1. The van der Waals surface area contributed by atoms with E-state index in [1.165, 1.54) is 0 Å². The summed E-state index contributed by atoms with van der Waals surface area (Å²) in [6.07, 6.45) is 1.16. The minimum Gasteiger partial charge on any atom is -0.444 e. The van der Waals surface area contributed by atoms with E-state index in [0.29, 0.717) is 6.54 Å². The van der Waals surface area contributed by atoms with E-state index < -0.39 is 5.60 Å². The Labute approximate surface area is 116 Å². The van der Waals surface area contributed by atoms with Gasteiger partial charge in [0.2, 0.25) is 0 Å². The second-order valence-corrected chi connectivity index (χ2v) is 6.36. The Morgan fingerprint density at radius 3 is 2.68 bits per heavy atom. The standard InChI is InChI=1S/C14H28N2O3/c1-6-12(17)10-16-8-7-11(9-16)15(5)13(18)19-14(2,3)4/h11-12,17H,6-10H2,1-5H3/t11-,12-/m0/s1. The van der Waals surface area contributed by atoms with Gasteiger partial charge >= 0.3 is 6.09 Å². The molecule has 1 rings (SSSR count). The smallest absolute Gasteiger partial charge is 0.410 e. The van der Waals surface area contributed by atoms with Crippen LogP contribution in [0.2, 0.25) is 0 Å². The van der Waals surface area contributed by atoms with Gasteiger partial charge < -0.3 is 14.7 Å². The lowest BCUT2D eigenvalue weighted by Gasteiger charge is -2.28. The van der Waals surface area contributed by atoms with E-state index in [9.17, 15) is 9.90 Å². The number of carbonyl (C=O) groups excluding carboxylic acids is 1. The zero-order chi connectivity index (χ0) is 14.6. The minimum atomic E-state index is -0.456. The Morgan fingerprint density at radius 2 is 2.16 bits per heavy atom. The molecule has 5 nitrogen and oxygen atoms in total. The lowest BCUT2D eigenvalue weighted by atomic mass is 10.2. The zero-order valence-corrected chi connectivity index (χ0v) is 12.8. The highest BCUT2D eigenvalue weighted by Crippen LogP contribution is 2.18. The molecule has 0 aromatic carbocycles. The van der Waals surface area contributed by atoms with E-state index in [1.54, 1.807) is 11.9 Å². The van der Waals surface area contributed by atoms with Crippen molar-refractivity contribution in [3.8, 4) is 0 Å². The van der Waals surface area contributed by atoms with Crippen molar-refractivity contribution in [1.29, 1.82) is 0 Å². The number of ether oxygens (including phenoxy) is 1. The molecule has 0 bridgehead atoms. The highest BCUT2D eigenvalue weighted by Gasteiger charge is 2.31. The molecular weight excluding hydrogens is 244 g/mol. The van der Waals surface area contributed by atoms with Crippen LogP contribution in [0.15, 0.2) is 0 Å². The van der Waals surface area contributed by atoms with Crippen molar-refractivity contribution >= 4 is 6.09 Å². The average molecular weight is 272 g/mol. The number of hydrogen-bond acceptors (Lipinski definition) is 4. The number of rotatable bonds is 4. The molecule has 1 aliphatic heterocycles. The third-order valence-electron chi connectivity index (χ3n) is 3.42. The monoisotopic (exact) mass is 272 g/mol. The molecule has 0 aromatic rings. The van der Waals surface area contributed by atoms with Gasteiger partial charge in [0, 0.05) is 32.7 Å². The Morgan fingerprint density at radius 1 is 1.53 bits per heavy atom. The summed E-state index contributed by atoms with van der Waals surface area (Å²) in [6, 6.07) is 0.180. The zero-order valence-electron chi connectivity index (χ0n) is 12.8. The largest absolute Gasteiger partial charge is 0.444 e. The summed E-state index contributed by atoms with van der Waals surface area (Å²) in [5.74, 6) is 0. The molecule has 0 saturated carbocycles. The van der Waals surface area contributed by atoms with E-state index in [1.807, 2.05) is 27.7 Å². The normalized spacial score (nSPS) is 22.3. The molecule has 112 valence electrons. The topological polar surface area (TPSA) is 53.0 Å². The first-order valence-electron chi connectivity index (χ1n) is 7.09. The van der Waals surface area contributed by atoms with Crippen LogP contribution >= 0.6 is 0 Å². The summed E-state index contributed by atoms with van der Waals surface area (Å²) in [7, 11) is 1.79. The van der Waals surface area contributed by atoms with Crippen LogP contribution in [0.1, 0.15) is 40.5 Å². The molecule has 1 heterocycles. The van der Waals surface area contributed by atoms with Crippen molar-refractivity contribution in [2.24, 2.45) is 0 Å². The van der Waals surface area contributed by atoms with E-state index in [2.05, 4.69) is 4.90 Å². The molecule has 1 fully saturated rings. The van der Waals surface area contributed by atoms with Crippen LogP contribution in [0.3, 0.4) is 0 Å². The molecule has 0 spiro atoms. The van der Waals surface area contributed by atoms with E-state index in [-0.39, 0.29) is 18.2 Å². The van der Waals surface area contributed by atoms with Crippen molar-refractivity contribution < 1.29 is 14.6 Å². The maximum absolute atomic E-state index is 12.0. The second-order valence-electron chi connectivity index (χ2n) is 6.36. The summed E-state index contributed by atoms with van der Waals surface area (Å²) in [4.78, 5) is 15.9. The molecule has 1 amide bonds. The highest BCUT2D eigenvalue weighted by molar-refractivity contribution is 5.68. The van der Waals surface area contributed by atoms with Crippen LogP contribution in [0.25, 0.3) is 0 Å². The Bertz CT molecular complexity index is 302. The number of aliphatic hydroxyl groups is 1. The number of carbonyl (C=O) groups is 1. The van der Waals surface area contributed by atoms with Gasteiger partial charge in [0.05, 0.1) is 6.10 Å². The van der Waals surface area contributed by atoms with Crippen molar-refractivity contribution in [3.05, 3.63) is 0 Å². The van der Waals surface area contributed by atoms with E-state index in [0.717, 1.165) is 25.9 Å². The first kappa shape index (κ1) is 16.2. The van der Waals surface area contributed by atoms with Crippen LogP contribution in [0.5, 0.6) is 0 Å². The van der Waals surface area contributed by atoms with Crippen LogP contribution in [0.4, 0.5) is 4.79 Å². The number of likely N-dealkylation sites (N-methyl/N-ethyl adjacent to an activating group) is 1. The van der Waals surface area contributed by atoms with Gasteiger partial charge in [-0.3, -0.25) is 4.90 Å². The summed E-state index contributed by atoms with van der Waals surface area (Å²) in [6.45, 7) is 10.0. The van der Waals surface area contributed by atoms with Crippen LogP contribution in [-0.2, 0) is 4.74 Å². The molecule has 0 aromatic heterocycles. The number of hydrogen-bond donors (Lipinski definition) is 1. The molecule has 1 N–H and O–H groups in total. The number of nitrogens with zero attached hydrogens (tertiary/aromatic N) is 2. The van der Waals surface area contributed by atoms with Crippen molar-refractivity contribution in [1.82, 2.24) is 9.80 Å². The third kappa shape index (κ3) is 5.37. The molecule has 19 heavy (non-hydrogen) atoms. The Kier molecular flexibility index (Phi) is 5.62. The van der Waals surface area contributed by atoms with Gasteiger partial charge in [-0.05, 0) is 33.6 Å². The summed E-state index contributed by atoms with van der Waals surface area (Å²) in [5, 5.41) is 9.66. The number of β-amino-alcohol motifs (C(OH)–C–C–N with tert-alkyl or cyclic N) is 1. The molecule has 0 unspecified atom stereocenters. The van der Waals surface area contributed by atoms with Crippen molar-refractivity contribution in [2.75, 3.05) is 26.7 Å². The van der Waals surface area contributed by atoms with Crippen LogP contribution < -0.4 is 0 Å². The first-order chi connectivity index (χ1) is 8.73. The third-order valence-corrected chi connectivity index (χ3v) is 3.42. The second kappa shape index (κ2) is 6.57. The first-order valence-corrected chi connectivity index (χ1v) is 7.09. The van der Waals surface area contributed by atoms with Gasteiger partial charge in [-0.15, -0.1) is 0 Å². The molecule has 2 atom stereocenters. The molecule has 0 radical (unpaired) electrons. The van der Waals surface area contributed by atoms with E-state index >= 15 is 0 Å². The Hall–Kier alpha value is -0.810. The van der Waals surface area contributed by atoms with Gasteiger partial charge in [0.25, 0.3) is 0 Å². The summed E-state index contributed by atoms with van der Waals surface area (Å²) >= 11 is 0. The highest BCUT2D eigenvalue weighted by atomic mass is 16.6. The molecule has 1 aliphatic rings. The van der Waals surface area contributed by atoms with E-state index in [4.69, 9.17) is 4.74 Å². The summed E-state index contributed by atoms with van der Waals surface area (Å²) < 4.78 is 5.37. The lowest BCUT2D eigenvalue weighted by Crippen LogP contribution is -2.42. The predicted molar refractivity (Wildman–Crippen MR) is 75.1 cm³/mol. The number of aliphatic hydroxyl groups excluding tert-OH is 1. The van der Waals surface area contributed by atoms with Crippen LogP contribution in [0, 0.1) is 0 Å². The van der Waals surface area contributed by atoms with Gasteiger partial charge in [-0.2, -0.15) is 0 Å². The number of amides is 1. The fraction of sp³-hybridized carbons (Fsp3) is 0.929. The maximum atomic E-state index is 12.0. The molecule has 1 saturated heterocycles. The average Bonchev–Trinajstić information content (AvgIpc) is 2.73. The van der Waals surface area contributed by atoms with Gasteiger partial charge in [-0.1, -0.05) is 6.92 Å². The Balaban J connectivity index is 2.43. The van der Waals surface area contributed by atoms with Crippen molar-refractivity contribution in [3.63, 3.8) is 0 Å². The molecular formula is C14H28N2O3. The fourth-order valence-corrected chi connectivity index (χ4v) is 2.20. The quantitative estimate of drug-likeness (QED) is 0.846. The van der Waals surface area contributed by atoms with Gasteiger partial charge in [0.1, 0.15) is 5.60 Å². The van der Waals surface area contributed by atoms with Gasteiger partial charge in [-0.25, -0.2) is 4.79 Å². The lowest BCUT2D eigenvalue weighted by molar-refractivity contribution is 0.0225. The number of likely N-dealkylation sites (tertiary alicyclic amines) is 1. The summed E-state index contributed by atoms with van der Waals surface area (Å²) in [5.41, 5.74) is -0.456. The van der Waals surface area contributed by atoms with Crippen LogP contribution in [-0.4, -0.2) is 65.4 Å².